The van der Waals surface area contributed by atoms with Crippen LogP contribution in [0.5, 0.6) is 0 Å². The molecule has 0 saturated carbocycles. The molecule has 0 bridgehead atoms. The fourth-order valence-electron chi connectivity index (χ4n) is 2.21. The molecule has 0 aliphatic carbocycles. The Morgan fingerprint density at radius 1 is 1.18 bits per heavy atom. The molecule has 0 aliphatic rings. The predicted molar refractivity (Wildman–Crippen MR) is 87.0 cm³/mol. The number of nitrogens with one attached hydrogen (secondary N) is 1. The number of amides is 1. The Morgan fingerprint density at radius 3 is 2.50 bits per heavy atom. The van der Waals surface area contributed by atoms with Crippen molar-refractivity contribution < 1.29 is 14.7 Å². The van der Waals surface area contributed by atoms with Gasteiger partial charge in [0.05, 0.1) is 0 Å². The highest BCUT2D eigenvalue weighted by molar-refractivity contribution is 7.11. The average molecular weight is 317 g/mol. The van der Waals surface area contributed by atoms with Gasteiger partial charge in [-0.25, -0.2) is 4.79 Å². The van der Waals surface area contributed by atoms with Gasteiger partial charge in [-0.1, -0.05) is 30.3 Å². The molecule has 1 atom stereocenters. The second-order valence-electron chi connectivity index (χ2n) is 5.12. The largest absolute Gasteiger partial charge is 0.479 e. The van der Waals surface area contributed by atoms with E-state index in [0.29, 0.717) is 18.4 Å². The van der Waals surface area contributed by atoms with Crippen LogP contribution in [0.4, 0.5) is 0 Å². The van der Waals surface area contributed by atoms with Gasteiger partial charge in [0.15, 0.2) is 6.04 Å². The third-order valence-corrected chi connectivity index (χ3v) is 4.37. The van der Waals surface area contributed by atoms with E-state index in [1.807, 2.05) is 6.07 Å². The summed E-state index contributed by atoms with van der Waals surface area (Å²) in [6, 6.07) is 11.9. The minimum atomic E-state index is -1.05. The summed E-state index contributed by atoms with van der Waals surface area (Å²) in [6.07, 6.45) is 1.88. The number of thiophene rings is 1. The zero-order valence-electron chi connectivity index (χ0n) is 12.4. The molecule has 1 unspecified atom stereocenters. The van der Waals surface area contributed by atoms with Gasteiger partial charge in [0.25, 0.3) is 0 Å². The van der Waals surface area contributed by atoms with Gasteiger partial charge < -0.3 is 10.4 Å². The van der Waals surface area contributed by atoms with Crippen LogP contribution >= 0.6 is 11.3 Å². The first-order valence-electron chi connectivity index (χ1n) is 7.18. The molecule has 0 aliphatic heterocycles. The molecule has 0 spiro atoms. The van der Waals surface area contributed by atoms with Gasteiger partial charge in [-0.15, -0.1) is 11.3 Å². The maximum atomic E-state index is 12.0. The molecule has 1 aromatic heterocycles. The topological polar surface area (TPSA) is 66.4 Å². The number of carboxylic acids is 1. The SMILES string of the molecule is Cc1ccc(CCCC(=O)NC(C(=O)O)c2ccccc2)s1. The van der Waals surface area contributed by atoms with Crippen LogP contribution in [0, 0.1) is 6.92 Å². The number of rotatable bonds is 7. The Labute approximate surface area is 133 Å². The highest BCUT2D eigenvalue weighted by atomic mass is 32.1. The maximum Gasteiger partial charge on any atom is 0.330 e. The quantitative estimate of drug-likeness (QED) is 0.823. The highest BCUT2D eigenvalue weighted by Crippen LogP contribution is 2.18. The molecule has 1 heterocycles. The summed E-state index contributed by atoms with van der Waals surface area (Å²) in [7, 11) is 0. The lowest BCUT2D eigenvalue weighted by Crippen LogP contribution is -2.33. The molecule has 2 rings (SSSR count). The van der Waals surface area contributed by atoms with Crippen LogP contribution in [-0.4, -0.2) is 17.0 Å². The van der Waals surface area contributed by atoms with Crippen LogP contribution in [0.15, 0.2) is 42.5 Å². The Kier molecular flexibility index (Phi) is 5.72. The van der Waals surface area contributed by atoms with Crippen LogP contribution in [0.2, 0.25) is 0 Å². The lowest BCUT2D eigenvalue weighted by Gasteiger charge is -2.14. The lowest BCUT2D eigenvalue weighted by atomic mass is 10.1. The van der Waals surface area contributed by atoms with Crippen LogP contribution < -0.4 is 5.32 Å². The van der Waals surface area contributed by atoms with Crippen molar-refractivity contribution in [1.29, 1.82) is 0 Å². The first-order chi connectivity index (χ1) is 10.6. The Balaban J connectivity index is 1.85. The number of benzene rings is 1. The summed E-state index contributed by atoms with van der Waals surface area (Å²) in [5.41, 5.74) is 0.581. The summed E-state index contributed by atoms with van der Waals surface area (Å²) in [5, 5.41) is 11.9. The summed E-state index contributed by atoms with van der Waals surface area (Å²) in [5.74, 6) is -1.28. The molecule has 2 aromatic rings. The van der Waals surface area contributed by atoms with Gasteiger partial charge in [0.1, 0.15) is 0 Å². The van der Waals surface area contributed by atoms with E-state index in [1.165, 1.54) is 9.75 Å². The number of carbonyl (C=O) groups is 2. The lowest BCUT2D eigenvalue weighted by molar-refractivity contribution is -0.142. The smallest absolute Gasteiger partial charge is 0.330 e. The van der Waals surface area contributed by atoms with Gasteiger partial charge in [0.2, 0.25) is 5.91 Å². The van der Waals surface area contributed by atoms with Gasteiger partial charge in [-0.3, -0.25) is 4.79 Å². The fourth-order valence-corrected chi connectivity index (χ4v) is 3.14. The predicted octanol–water partition coefficient (Wildman–Crippen LogP) is 3.32. The highest BCUT2D eigenvalue weighted by Gasteiger charge is 2.21. The molecular formula is C17H19NO3S. The number of aliphatic carboxylic acids is 1. The summed E-state index contributed by atoms with van der Waals surface area (Å²) >= 11 is 1.73. The van der Waals surface area contributed by atoms with Crippen LogP contribution in [0.1, 0.15) is 34.2 Å². The van der Waals surface area contributed by atoms with E-state index in [-0.39, 0.29) is 5.91 Å². The third-order valence-electron chi connectivity index (χ3n) is 3.31. The molecule has 0 saturated heterocycles. The van der Waals surface area contributed by atoms with Crippen molar-refractivity contribution in [3.63, 3.8) is 0 Å². The molecular weight excluding hydrogens is 298 g/mol. The number of hydrogen-bond acceptors (Lipinski definition) is 3. The van der Waals surface area contributed by atoms with Crippen LogP contribution in [0.3, 0.4) is 0 Å². The second-order valence-corrected chi connectivity index (χ2v) is 6.49. The number of hydrogen-bond donors (Lipinski definition) is 2. The minimum absolute atomic E-state index is 0.232. The van der Waals surface area contributed by atoms with Crippen molar-refractivity contribution in [3.05, 3.63) is 57.8 Å². The van der Waals surface area contributed by atoms with E-state index < -0.39 is 12.0 Å². The molecule has 22 heavy (non-hydrogen) atoms. The third kappa shape index (κ3) is 4.70. The van der Waals surface area contributed by atoms with Crippen LogP contribution in [0.25, 0.3) is 0 Å². The minimum Gasteiger partial charge on any atom is -0.479 e. The van der Waals surface area contributed by atoms with Crippen molar-refractivity contribution >= 4 is 23.2 Å². The Morgan fingerprint density at radius 2 is 1.91 bits per heavy atom. The zero-order valence-corrected chi connectivity index (χ0v) is 13.2. The first kappa shape index (κ1) is 16.2. The van der Waals surface area contributed by atoms with Crippen molar-refractivity contribution in [2.75, 3.05) is 0 Å². The number of carbonyl (C=O) groups excluding carboxylic acids is 1. The molecule has 4 nitrogen and oxygen atoms in total. The average Bonchev–Trinajstić information content (AvgIpc) is 2.91. The normalized spacial score (nSPS) is 11.9. The zero-order chi connectivity index (χ0) is 15.9. The van der Waals surface area contributed by atoms with Crippen molar-refractivity contribution in [1.82, 2.24) is 5.32 Å². The van der Waals surface area contributed by atoms with E-state index in [2.05, 4.69) is 24.4 Å². The van der Waals surface area contributed by atoms with E-state index in [0.717, 1.165) is 6.42 Å². The van der Waals surface area contributed by atoms with Crippen molar-refractivity contribution in [3.8, 4) is 0 Å². The van der Waals surface area contributed by atoms with Gasteiger partial charge in [-0.2, -0.15) is 0 Å². The van der Waals surface area contributed by atoms with Gasteiger partial charge in [0, 0.05) is 16.2 Å². The summed E-state index contributed by atoms with van der Waals surface area (Å²) in [6.45, 7) is 2.05. The van der Waals surface area contributed by atoms with E-state index in [1.54, 1.807) is 35.6 Å². The maximum absolute atomic E-state index is 12.0. The first-order valence-corrected chi connectivity index (χ1v) is 8.00. The van der Waals surface area contributed by atoms with Crippen LogP contribution in [-0.2, 0) is 16.0 Å². The molecule has 0 fully saturated rings. The van der Waals surface area contributed by atoms with Crippen molar-refractivity contribution in [2.24, 2.45) is 0 Å². The Hall–Kier alpha value is -2.14. The van der Waals surface area contributed by atoms with Gasteiger partial charge >= 0.3 is 5.97 Å². The monoisotopic (exact) mass is 317 g/mol. The standard InChI is InChI=1S/C17H19NO3S/c1-12-10-11-14(22-12)8-5-9-15(19)18-16(17(20)21)13-6-3-2-4-7-13/h2-4,6-7,10-11,16H,5,8-9H2,1H3,(H,18,19)(H,20,21). The van der Waals surface area contributed by atoms with E-state index in [4.69, 9.17) is 0 Å². The van der Waals surface area contributed by atoms with E-state index >= 15 is 0 Å². The van der Waals surface area contributed by atoms with Gasteiger partial charge in [-0.05, 0) is 37.5 Å². The molecule has 2 N–H and O–H groups in total. The fraction of sp³-hybridized carbons (Fsp3) is 0.294. The summed E-state index contributed by atoms with van der Waals surface area (Å²) < 4.78 is 0. The number of aryl methyl sites for hydroxylation is 2. The molecule has 5 heteroatoms. The van der Waals surface area contributed by atoms with Crippen molar-refractivity contribution in [2.45, 2.75) is 32.2 Å². The molecule has 1 aromatic carbocycles. The number of carboxylic acid groups (broad SMARTS) is 1. The summed E-state index contributed by atoms with van der Waals surface area (Å²) in [4.78, 5) is 25.8. The Bertz CT molecular complexity index is 636. The second kappa shape index (κ2) is 7.75. The van der Waals surface area contributed by atoms with E-state index in [9.17, 15) is 14.7 Å². The molecule has 116 valence electrons. The molecule has 0 radical (unpaired) electrons. The molecule has 1 amide bonds.